The first kappa shape index (κ1) is 21.2. The number of likely N-dealkylation sites (tertiary alicyclic amines) is 1. The molecule has 1 fully saturated rings. The summed E-state index contributed by atoms with van der Waals surface area (Å²) >= 11 is 0. The summed E-state index contributed by atoms with van der Waals surface area (Å²) in [7, 11) is 3.13. The lowest BCUT2D eigenvalue weighted by molar-refractivity contribution is -0.133. The molecule has 1 aromatic carbocycles. The van der Waals surface area contributed by atoms with Crippen molar-refractivity contribution < 1.29 is 19.1 Å². The van der Waals surface area contributed by atoms with E-state index < -0.39 is 6.04 Å². The second kappa shape index (κ2) is 10.2. The highest BCUT2D eigenvalue weighted by molar-refractivity contribution is 5.89. The summed E-state index contributed by atoms with van der Waals surface area (Å²) in [5.41, 5.74) is 6.53. The van der Waals surface area contributed by atoms with Gasteiger partial charge in [0.25, 0.3) is 0 Å². The maximum atomic E-state index is 12.4. The molecule has 2 unspecified atom stereocenters. The number of nitrogens with two attached hydrogens (primary N) is 1. The zero-order chi connectivity index (χ0) is 17.5. The summed E-state index contributed by atoms with van der Waals surface area (Å²) in [6.45, 7) is 1.42. The Labute approximate surface area is 154 Å². The van der Waals surface area contributed by atoms with Gasteiger partial charge < -0.3 is 25.4 Å². The molecule has 140 valence electrons. The molecule has 0 spiro atoms. The minimum absolute atomic E-state index is 0. The van der Waals surface area contributed by atoms with Crippen molar-refractivity contribution in [1.82, 2.24) is 10.2 Å². The zero-order valence-electron chi connectivity index (χ0n) is 14.6. The predicted molar refractivity (Wildman–Crippen MR) is 96.7 cm³/mol. The maximum Gasteiger partial charge on any atom is 0.245 e. The Balaban J connectivity index is 0.00000312. The van der Waals surface area contributed by atoms with Crippen LogP contribution in [0, 0.1) is 0 Å². The van der Waals surface area contributed by atoms with Crippen LogP contribution in [0.2, 0.25) is 0 Å². The first-order valence-corrected chi connectivity index (χ1v) is 8.01. The Morgan fingerprint density at radius 3 is 2.60 bits per heavy atom. The number of nitrogens with one attached hydrogen (secondary N) is 1. The van der Waals surface area contributed by atoms with Gasteiger partial charge in [0, 0.05) is 26.7 Å². The van der Waals surface area contributed by atoms with Gasteiger partial charge in [-0.2, -0.15) is 0 Å². The van der Waals surface area contributed by atoms with E-state index in [2.05, 4.69) is 5.32 Å². The van der Waals surface area contributed by atoms with Gasteiger partial charge in [0.2, 0.25) is 11.8 Å². The minimum atomic E-state index is -0.467. The number of rotatable bonds is 8. The quantitative estimate of drug-likeness (QED) is 0.701. The highest BCUT2D eigenvalue weighted by atomic mass is 35.5. The molecule has 0 aromatic heterocycles. The highest BCUT2D eigenvalue weighted by Crippen LogP contribution is 2.17. The van der Waals surface area contributed by atoms with E-state index in [1.165, 1.54) is 7.11 Å². The van der Waals surface area contributed by atoms with Crippen LogP contribution in [-0.4, -0.2) is 56.2 Å². The largest absolute Gasteiger partial charge is 0.497 e. The Morgan fingerprint density at radius 1 is 1.36 bits per heavy atom. The summed E-state index contributed by atoms with van der Waals surface area (Å²) in [4.78, 5) is 26.2. The van der Waals surface area contributed by atoms with Gasteiger partial charge in [0.05, 0.1) is 19.6 Å². The number of ether oxygens (including phenoxy) is 2. The molecule has 1 saturated heterocycles. The normalized spacial score (nSPS) is 17.8. The van der Waals surface area contributed by atoms with Crippen molar-refractivity contribution in [2.24, 2.45) is 5.73 Å². The highest BCUT2D eigenvalue weighted by Gasteiger charge is 2.32. The van der Waals surface area contributed by atoms with E-state index in [-0.39, 0.29) is 43.3 Å². The van der Waals surface area contributed by atoms with Crippen LogP contribution in [0.15, 0.2) is 24.3 Å². The Hall–Kier alpha value is -1.83. The molecule has 1 aliphatic heterocycles. The van der Waals surface area contributed by atoms with Crippen LogP contribution in [0.5, 0.6) is 5.75 Å². The smallest absolute Gasteiger partial charge is 0.245 e. The molecule has 3 N–H and O–H groups in total. The maximum absolute atomic E-state index is 12.4. The fourth-order valence-electron chi connectivity index (χ4n) is 2.70. The predicted octanol–water partition coefficient (Wildman–Crippen LogP) is 0.698. The van der Waals surface area contributed by atoms with Crippen LogP contribution in [0.1, 0.15) is 18.4 Å². The molecule has 8 heteroatoms. The van der Waals surface area contributed by atoms with Gasteiger partial charge in [-0.15, -0.1) is 12.4 Å². The molecule has 2 atom stereocenters. The summed E-state index contributed by atoms with van der Waals surface area (Å²) in [6.07, 6.45) is 0.452. The van der Waals surface area contributed by atoms with Gasteiger partial charge in [-0.3, -0.25) is 9.59 Å². The summed E-state index contributed by atoms with van der Waals surface area (Å²) in [5.74, 6) is 0.516. The molecule has 0 aliphatic carbocycles. The van der Waals surface area contributed by atoms with Gasteiger partial charge in [-0.25, -0.2) is 0 Å². The molecule has 0 radical (unpaired) electrons. The standard InChI is InChI=1S/C17H25N3O4.ClH/c1-23-13-5-3-12(4-6-13)11-20-8-7-15(17(20)22)19-16(21)9-14(10-18)24-2;/h3-6,14-15H,7-11,18H2,1-2H3,(H,19,21);1H. The summed E-state index contributed by atoms with van der Waals surface area (Å²) < 4.78 is 10.2. The van der Waals surface area contributed by atoms with E-state index in [1.807, 2.05) is 24.3 Å². The van der Waals surface area contributed by atoms with Gasteiger partial charge in [-0.05, 0) is 24.1 Å². The van der Waals surface area contributed by atoms with Crippen molar-refractivity contribution in [3.63, 3.8) is 0 Å². The SMILES string of the molecule is COc1ccc(CN2CCC(NC(=O)CC(CN)OC)C2=O)cc1.Cl. The third-order valence-electron chi connectivity index (χ3n) is 4.17. The first-order valence-electron chi connectivity index (χ1n) is 8.01. The monoisotopic (exact) mass is 371 g/mol. The Morgan fingerprint density at radius 2 is 2.04 bits per heavy atom. The molecule has 1 aromatic rings. The van der Waals surface area contributed by atoms with Crippen molar-refractivity contribution in [3.8, 4) is 5.75 Å². The van der Waals surface area contributed by atoms with Crippen LogP contribution >= 0.6 is 12.4 Å². The van der Waals surface area contributed by atoms with Gasteiger partial charge in [0.15, 0.2) is 0 Å². The Kier molecular flexibility index (Phi) is 8.68. The fourth-order valence-corrected chi connectivity index (χ4v) is 2.70. The van der Waals surface area contributed by atoms with E-state index >= 15 is 0 Å². The average molecular weight is 372 g/mol. The van der Waals surface area contributed by atoms with E-state index in [1.54, 1.807) is 12.0 Å². The third kappa shape index (κ3) is 5.88. The number of hydrogen-bond acceptors (Lipinski definition) is 5. The van der Waals surface area contributed by atoms with E-state index in [9.17, 15) is 9.59 Å². The van der Waals surface area contributed by atoms with Crippen LogP contribution in [0.3, 0.4) is 0 Å². The fraction of sp³-hybridized carbons (Fsp3) is 0.529. The molecule has 2 amide bonds. The molecule has 1 heterocycles. The summed E-state index contributed by atoms with van der Waals surface area (Å²) in [6, 6.07) is 7.14. The van der Waals surface area contributed by atoms with E-state index in [0.29, 0.717) is 19.5 Å². The number of halogens is 1. The molecule has 2 rings (SSSR count). The number of methoxy groups -OCH3 is 2. The van der Waals surface area contributed by atoms with Crippen molar-refractivity contribution in [2.45, 2.75) is 31.5 Å². The minimum Gasteiger partial charge on any atom is -0.497 e. The second-order valence-electron chi connectivity index (χ2n) is 5.81. The molecule has 25 heavy (non-hydrogen) atoms. The lowest BCUT2D eigenvalue weighted by atomic mass is 10.2. The molecule has 0 saturated carbocycles. The van der Waals surface area contributed by atoms with Crippen LogP contribution in [-0.2, 0) is 20.9 Å². The van der Waals surface area contributed by atoms with Crippen molar-refractivity contribution >= 4 is 24.2 Å². The molecule has 0 bridgehead atoms. The number of benzene rings is 1. The van der Waals surface area contributed by atoms with Gasteiger partial charge >= 0.3 is 0 Å². The summed E-state index contributed by atoms with van der Waals surface area (Å²) in [5, 5.41) is 2.78. The van der Waals surface area contributed by atoms with Gasteiger partial charge in [-0.1, -0.05) is 12.1 Å². The lowest BCUT2D eigenvalue weighted by Crippen LogP contribution is -2.43. The third-order valence-corrected chi connectivity index (χ3v) is 4.17. The van der Waals surface area contributed by atoms with Crippen molar-refractivity contribution in [3.05, 3.63) is 29.8 Å². The number of amides is 2. The van der Waals surface area contributed by atoms with Crippen LogP contribution in [0.25, 0.3) is 0 Å². The number of hydrogen-bond donors (Lipinski definition) is 2. The topological polar surface area (TPSA) is 93.9 Å². The van der Waals surface area contributed by atoms with Crippen molar-refractivity contribution in [1.29, 1.82) is 0 Å². The number of carbonyl (C=O) groups excluding carboxylic acids is 2. The molecule has 1 aliphatic rings. The second-order valence-corrected chi connectivity index (χ2v) is 5.81. The van der Waals surface area contributed by atoms with Gasteiger partial charge in [0.1, 0.15) is 11.8 Å². The average Bonchev–Trinajstić information content (AvgIpc) is 2.93. The van der Waals surface area contributed by atoms with E-state index in [0.717, 1.165) is 11.3 Å². The van der Waals surface area contributed by atoms with Crippen LogP contribution in [0.4, 0.5) is 0 Å². The molecular formula is C17H26ClN3O4. The van der Waals surface area contributed by atoms with Crippen molar-refractivity contribution in [2.75, 3.05) is 27.3 Å². The number of nitrogens with zero attached hydrogens (tertiary/aromatic N) is 1. The lowest BCUT2D eigenvalue weighted by Gasteiger charge is -2.18. The Bertz CT molecular complexity index is 564. The molecular weight excluding hydrogens is 346 g/mol. The molecule has 7 nitrogen and oxygen atoms in total. The zero-order valence-corrected chi connectivity index (χ0v) is 15.4. The van der Waals surface area contributed by atoms with E-state index in [4.69, 9.17) is 15.2 Å². The van der Waals surface area contributed by atoms with Crippen LogP contribution < -0.4 is 15.8 Å². The number of carbonyl (C=O) groups is 2. The first-order chi connectivity index (χ1) is 11.6.